The van der Waals surface area contributed by atoms with Gasteiger partial charge in [-0.05, 0) is 194 Å². The molecule has 500 valence electrons. The van der Waals surface area contributed by atoms with Gasteiger partial charge < -0.3 is 39.2 Å². The number of anilines is 24. The van der Waals surface area contributed by atoms with Crippen LogP contribution in [-0.2, 0) is 9.07 Å². The van der Waals surface area contributed by atoms with Crippen molar-refractivity contribution < 1.29 is 4.21 Å². The summed E-state index contributed by atoms with van der Waals surface area (Å²) in [5.41, 5.74) is 27.4. The maximum Gasteiger partial charge on any atom is 0.0703 e. The van der Waals surface area contributed by atoms with Gasteiger partial charge in [-0.15, -0.1) is 0 Å². The number of fused-ring (bicyclic) bond motifs is 18. The Morgan fingerprint density at radius 3 is 0.425 bits per heavy atom. The SMILES string of the molecule is O=S12(c3cccc(N4c5ccccc5N(c5ccccc5)c5ccccc54)c3-c3c(N4c5ccccc5N(c5ccccc5)c5ccccc54)cccc31)c1cccc(N3c4ccccc4N(c4ccccc4)c4ccccc43)c1-c1c(N3c4ccccc4N(c4ccccc4)c4ccccc43)cccc12. The van der Waals surface area contributed by atoms with E-state index < -0.39 is 9.07 Å². The standard InChI is InChI=1S/C96H64N8OS/c105-106(89-61-29-57-85(101-77-49-21-13-41-69(77)97(65-33-5-1-6-34-65)70-42-14-22-50-78(70)101)93(89)94-86(58-30-62-90(94)106)102-79-51-23-15-43-71(79)98(66-35-7-2-8-36-66)72-44-16-24-52-80(72)102)91-63-31-59-87(103-81-53-25-17-45-73(81)99(67-37-9-3-10-38-67)74-46-18-26-54-82(74)103)95(91)96-88(60-32-64-92(96)106)104-83-55-27-19-47-75(83)100(68-39-11-4-12-40-68)76-48-20-28-56-84(76)104/h1-64H. The largest absolute Gasteiger partial charge is 0.306 e. The second kappa shape index (κ2) is 22.8. The van der Waals surface area contributed by atoms with Gasteiger partial charge in [-0.1, -0.05) is 194 Å². The van der Waals surface area contributed by atoms with Crippen LogP contribution in [0.2, 0.25) is 0 Å². The minimum Gasteiger partial charge on any atom is -0.306 e. The van der Waals surface area contributed by atoms with Crippen LogP contribution in [0.25, 0.3) is 22.3 Å². The molecule has 16 aromatic carbocycles. The fourth-order valence-electron chi connectivity index (χ4n) is 18.1. The van der Waals surface area contributed by atoms with E-state index in [1.807, 2.05) is 0 Å². The van der Waals surface area contributed by atoms with Crippen molar-refractivity contribution in [1.82, 2.24) is 0 Å². The number of benzene rings is 16. The molecule has 0 unspecified atom stereocenters. The molecular formula is C96H64N8OS. The lowest BCUT2D eigenvalue weighted by Gasteiger charge is -2.42. The van der Waals surface area contributed by atoms with Crippen LogP contribution in [0.3, 0.4) is 0 Å². The Bertz CT molecular complexity index is 5420. The Hall–Kier alpha value is -13.9. The van der Waals surface area contributed by atoms with Crippen LogP contribution in [0.1, 0.15) is 0 Å². The molecule has 0 amide bonds. The second-order valence-electron chi connectivity index (χ2n) is 27.5. The molecule has 6 aliphatic rings. The number of hydrogen-bond donors (Lipinski definition) is 0. The first-order chi connectivity index (χ1) is 52.5. The van der Waals surface area contributed by atoms with E-state index >= 15 is 4.21 Å². The van der Waals surface area contributed by atoms with Crippen molar-refractivity contribution >= 4 is 146 Å². The zero-order valence-electron chi connectivity index (χ0n) is 57.3. The number of hydrogen-bond acceptors (Lipinski definition) is 9. The van der Waals surface area contributed by atoms with Crippen LogP contribution in [0.15, 0.2) is 408 Å². The Labute approximate surface area is 615 Å². The average Bonchev–Trinajstić information content (AvgIpc) is 1.46. The molecule has 0 aromatic heterocycles. The molecule has 10 heteroatoms. The molecule has 0 N–H and O–H groups in total. The number of nitrogens with zero attached hydrogens (tertiary/aromatic N) is 8. The Morgan fingerprint density at radius 2 is 0.264 bits per heavy atom. The third kappa shape index (κ3) is 8.04. The monoisotopic (exact) mass is 1380 g/mol. The molecule has 1 spiro atoms. The quantitative estimate of drug-likeness (QED) is 0.148. The van der Waals surface area contributed by atoms with Gasteiger partial charge in [0.1, 0.15) is 0 Å². The van der Waals surface area contributed by atoms with Crippen molar-refractivity contribution in [2.45, 2.75) is 19.6 Å². The maximum absolute atomic E-state index is 21.0. The molecule has 0 atom stereocenters. The van der Waals surface area contributed by atoms with Gasteiger partial charge in [0, 0.05) is 73.7 Å². The van der Waals surface area contributed by atoms with Crippen molar-refractivity contribution in [2.75, 3.05) is 39.2 Å². The van der Waals surface area contributed by atoms with Gasteiger partial charge in [-0.2, -0.15) is 0 Å². The zero-order valence-corrected chi connectivity index (χ0v) is 58.2. The lowest BCUT2D eigenvalue weighted by atomic mass is 9.96. The van der Waals surface area contributed by atoms with Gasteiger partial charge in [0.15, 0.2) is 0 Å². The summed E-state index contributed by atoms with van der Waals surface area (Å²) in [6, 6.07) is 139. The van der Waals surface area contributed by atoms with E-state index in [1.54, 1.807) is 0 Å². The Balaban J connectivity index is 0.891. The van der Waals surface area contributed by atoms with Crippen molar-refractivity contribution in [3.63, 3.8) is 0 Å². The molecule has 0 aliphatic carbocycles. The average molecular weight is 1380 g/mol. The third-order valence-corrected chi connectivity index (χ3v) is 26.8. The third-order valence-electron chi connectivity index (χ3n) is 22.1. The summed E-state index contributed by atoms with van der Waals surface area (Å²) in [5, 5.41) is 0. The first-order valence-corrected chi connectivity index (χ1v) is 38.1. The highest BCUT2D eigenvalue weighted by atomic mass is 32.3. The van der Waals surface area contributed by atoms with Gasteiger partial charge in [-0.3, -0.25) is 4.21 Å². The highest BCUT2D eigenvalue weighted by Gasteiger charge is 2.61. The topological polar surface area (TPSA) is 43.0 Å². The fourth-order valence-corrected chi connectivity index (χ4v) is 23.2. The minimum absolute atomic E-state index is 0.737. The maximum atomic E-state index is 21.0. The summed E-state index contributed by atoms with van der Waals surface area (Å²) in [7, 11) is -5.05. The summed E-state index contributed by atoms with van der Waals surface area (Å²) in [6.07, 6.45) is 0. The predicted octanol–water partition coefficient (Wildman–Crippen LogP) is 27.0. The van der Waals surface area contributed by atoms with Gasteiger partial charge in [0.05, 0.1) is 114 Å². The van der Waals surface area contributed by atoms with Crippen LogP contribution in [-0.4, -0.2) is 4.21 Å². The van der Waals surface area contributed by atoms with Gasteiger partial charge in [0.2, 0.25) is 0 Å². The van der Waals surface area contributed by atoms with Crippen LogP contribution >= 0.6 is 0 Å². The van der Waals surface area contributed by atoms with Crippen LogP contribution in [0.5, 0.6) is 0 Å². The molecule has 9 nitrogen and oxygen atoms in total. The summed E-state index contributed by atoms with van der Waals surface area (Å²) in [6.45, 7) is 0. The summed E-state index contributed by atoms with van der Waals surface area (Å²) in [4.78, 5) is 22.3. The number of para-hydroxylation sites is 20. The molecule has 0 radical (unpaired) electrons. The molecule has 0 bridgehead atoms. The van der Waals surface area contributed by atoms with Gasteiger partial charge >= 0.3 is 0 Å². The van der Waals surface area contributed by atoms with Crippen LogP contribution in [0, 0.1) is 0 Å². The van der Waals surface area contributed by atoms with E-state index in [4.69, 9.17) is 0 Å². The van der Waals surface area contributed by atoms with Crippen LogP contribution in [0.4, 0.5) is 136 Å². The number of rotatable bonds is 8. The van der Waals surface area contributed by atoms with E-state index in [0.29, 0.717) is 0 Å². The molecule has 6 aliphatic heterocycles. The summed E-state index contributed by atoms with van der Waals surface area (Å²) in [5.74, 6) is 0. The van der Waals surface area contributed by atoms with Crippen molar-refractivity contribution in [3.8, 4) is 22.3 Å². The second-order valence-corrected chi connectivity index (χ2v) is 31.1. The highest BCUT2D eigenvalue weighted by Crippen LogP contribution is 2.77. The summed E-state index contributed by atoms with van der Waals surface area (Å²) >= 11 is 0. The first-order valence-electron chi connectivity index (χ1n) is 36.1. The molecule has 0 saturated carbocycles. The molecule has 0 saturated heterocycles. The molecule has 106 heavy (non-hydrogen) atoms. The van der Waals surface area contributed by atoms with Crippen molar-refractivity contribution in [3.05, 3.63) is 388 Å². The molecule has 6 heterocycles. The van der Waals surface area contributed by atoms with E-state index in [0.717, 1.165) is 178 Å². The lowest BCUT2D eigenvalue weighted by molar-refractivity contribution is 0.658. The van der Waals surface area contributed by atoms with Gasteiger partial charge in [-0.25, -0.2) is 0 Å². The van der Waals surface area contributed by atoms with Crippen LogP contribution < -0.4 is 39.2 Å². The minimum atomic E-state index is -5.05. The smallest absolute Gasteiger partial charge is 0.0703 e. The van der Waals surface area contributed by atoms with E-state index in [2.05, 4.69) is 427 Å². The molecule has 0 fully saturated rings. The summed E-state index contributed by atoms with van der Waals surface area (Å²) < 4.78 is 21.0. The molecular weight excluding hydrogens is 1310 g/mol. The van der Waals surface area contributed by atoms with E-state index in [9.17, 15) is 0 Å². The zero-order chi connectivity index (χ0) is 69.8. The lowest BCUT2D eigenvalue weighted by Crippen LogP contribution is -2.31. The molecule has 22 rings (SSSR count). The Morgan fingerprint density at radius 1 is 0.132 bits per heavy atom. The van der Waals surface area contributed by atoms with Crippen molar-refractivity contribution in [2.24, 2.45) is 0 Å². The van der Waals surface area contributed by atoms with Gasteiger partial charge in [0.25, 0.3) is 0 Å². The van der Waals surface area contributed by atoms with E-state index in [-0.39, 0.29) is 0 Å². The normalized spacial score (nSPS) is 14.9. The Kier molecular flexibility index (Phi) is 12.8. The fraction of sp³-hybridized carbons (Fsp3) is 0. The van der Waals surface area contributed by atoms with Crippen molar-refractivity contribution in [1.29, 1.82) is 0 Å². The highest BCUT2D eigenvalue weighted by molar-refractivity contribution is 8.21. The molecule has 16 aromatic rings. The first kappa shape index (κ1) is 59.7. The predicted molar refractivity (Wildman–Crippen MR) is 437 cm³/mol. The van der Waals surface area contributed by atoms with E-state index in [1.165, 1.54) is 0 Å².